The van der Waals surface area contributed by atoms with Gasteiger partial charge < -0.3 is 9.47 Å². The number of fused-ring (bicyclic) bond motifs is 1. The predicted octanol–water partition coefficient (Wildman–Crippen LogP) is 3.89. The minimum atomic E-state index is 0.254. The van der Waals surface area contributed by atoms with Crippen molar-refractivity contribution in [2.45, 2.75) is 19.3 Å². The first-order valence-corrected chi connectivity index (χ1v) is 7.11. The number of hydrogen-bond acceptors (Lipinski definition) is 3. The maximum Gasteiger partial charge on any atom is 0.163 e. The van der Waals surface area contributed by atoms with Gasteiger partial charge >= 0.3 is 0 Å². The van der Waals surface area contributed by atoms with Crippen molar-refractivity contribution in [3.8, 4) is 22.6 Å². The molecule has 108 valence electrons. The molecule has 1 aliphatic rings. The second-order valence-corrected chi connectivity index (χ2v) is 5.21. The standard InChI is InChI=1S/C18H18O3/c1-20-14-7-9-16(18(11-14)21-2)13-6-8-15-12(10-13)4-3-5-17(15)19/h6-11H,3-5H2,1-2H3. The van der Waals surface area contributed by atoms with E-state index in [1.165, 1.54) is 0 Å². The molecule has 0 fully saturated rings. The monoisotopic (exact) mass is 282 g/mol. The number of rotatable bonds is 3. The molecule has 0 spiro atoms. The van der Waals surface area contributed by atoms with Crippen LogP contribution in [-0.2, 0) is 6.42 Å². The van der Waals surface area contributed by atoms with Gasteiger partial charge in [-0.05, 0) is 36.1 Å². The normalized spacial score (nSPS) is 13.7. The second kappa shape index (κ2) is 5.60. The Morgan fingerprint density at radius 1 is 0.905 bits per heavy atom. The fourth-order valence-electron chi connectivity index (χ4n) is 2.85. The van der Waals surface area contributed by atoms with E-state index in [-0.39, 0.29) is 5.78 Å². The molecule has 0 N–H and O–H groups in total. The first-order chi connectivity index (χ1) is 10.2. The van der Waals surface area contributed by atoms with Crippen LogP contribution in [-0.4, -0.2) is 20.0 Å². The molecule has 2 aromatic rings. The molecule has 21 heavy (non-hydrogen) atoms. The lowest BCUT2D eigenvalue weighted by Crippen LogP contribution is -2.10. The van der Waals surface area contributed by atoms with Crippen molar-refractivity contribution in [1.29, 1.82) is 0 Å². The summed E-state index contributed by atoms with van der Waals surface area (Å²) in [7, 11) is 3.29. The van der Waals surface area contributed by atoms with Crippen molar-refractivity contribution < 1.29 is 14.3 Å². The number of methoxy groups -OCH3 is 2. The van der Waals surface area contributed by atoms with Crippen LogP contribution in [0.2, 0.25) is 0 Å². The number of carbonyl (C=O) groups is 1. The highest BCUT2D eigenvalue weighted by Crippen LogP contribution is 2.35. The van der Waals surface area contributed by atoms with Gasteiger partial charge in [0.1, 0.15) is 11.5 Å². The van der Waals surface area contributed by atoms with Gasteiger partial charge in [-0.25, -0.2) is 0 Å². The van der Waals surface area contributed by atoms with Crippen LogP contribution in [0.1, 0.15) is 28.8 Å². The van der Waals surface area contributed by atoms with Crippen LogP contribution < -0.4 is 9.47 Å². The largest absolute Gasteiger partial charge is 0.497 e. The number of ketones is 1. The van der Waals surface area contributed by atoms with Gasteiger partial charge in [-0.3, -0.25) is 4.79 Å². The van der Waals surface area contributed by atoms with Gasteiger partial charge in [0.2, 0.25) is 0 Å². The summed E-state index contributed by atoms with van der Waals surface area (Å²) in [5, 5.41) is 0. The van der Waals surface area contributed by atoms with Gasteiger partial charge in [0.15, 0.2) is 5.78 Å². The fourth-order valence-corrected chi connectivity index (χ4v) is 2.85. The van der Waals surface area contributed by atoms with Crippen LogP contribution in [0.15, 0.2) is 36.4 Å². The third-order valence-electron chi connectivity index (χ3n) is 3.98. The zero-order valence-corrected chi connectivity index (χ0v) is 12.3. The number of ether oxygens (including phenoxy) is 2. The molecular weight excluding hydrogens is 264 g/mol. The van der Waals surface area contributed by atoms with Gasteiger partial charge in [0.25, 0.3) is 0 Å². The third-order valence-corrected chi connectivity index (χ3v) is 3.98. The molecule has 0 saturated heterocycles. The third kappa shape index (κ3) is 2.51. The minimum absolute atomic E-state index is 0.254. The Labute approximate surface area is 124 Å². The van der Waals surface area contributed by atoms with Crippen molar-refractivity contribution in [2.24, 2.45) is 0 Å². The van der Waals surface area contributed by atoms with E-state index in [1.54, 1.807) is 14.2 Å². The molecule has 0 radical (unpaired) electrons. The van der Waals surface area contributed by atoms with Crippen LogP contribution in [0.3, 0.4) is 0 Å². The van der Waals surface area contributed by atoms with Crippen LogP contribution in [0, 0.1) is 0 Å². The van der Waals surface area contributed by atoms with Crippen molar-refractivity contribution in [1.82, 2.24) is 0 Å². The number of carbonyl (C=O) groups excluding carboxylic acids is 1. The Kier molecular flexibility index (Phi) is 3.65. The smallest absolute Gasteiger partial charge is 0.163 e. The number of aryl methyl sites for hydroxylation is 1. The Bertz CT molecular complexity index is 689. The van der Waals surface area contributed by atoms with Gasteiger partial charge in [0, 0.05) is 23.6 Å². The molecule has 0 atom stereocenters. The second-order valence-electron chi connectivity index (χ2n) is 5.21. The maximum atomic E-state index is 11.9. The minimum Gasteiger partial charge on any atom is -0.497 e. The molecule has 1 aliphatic carbocycles. The molecular formula is C18H18O3. The van der Waals surface area contributed by atoms with Gasteiger partial charge in [-0.15, -0.1) is 0 Å². The van der Waals surface area contributed by atoms with Crippen LogP contribution >= 0.6 is 0 Å². The Hall–Kier alpha value is -2.29. The molecule has 0 heterocycles. The summed E-state index contributed by atoms with van der Waals surface area (Å²) >= 11 is 0. The highest BCUT2D eigenvalue weighted by Gasteiger charge is 2.18. The van der Waals surface area contributed by atoms with Gasteiger partial charge in [-0.1, -0.05) is 18.2 Å². The molecule has 0 amide bonds. The molecule has 3 heteroatoms. The van der Waals surface area contributed by atoms with E-state index in [9.17, 15) is 4.79 Å². The highest BCUT2D eigenvalue weighted by molar-refractivity contribution is 5.99. The number of hydrogen-bond donors (Lipinski definition) is 0. The molecule has 0 aliphatic heterocycles. The lowest BCUT2D eigenvalue weighted by atomic mass is 9.88. The van der Waals surface area contributed by atoms with Crippen LogP contribution in [0.25, 0.3) is 11.1 Å². The van der Waals surface area contributed by atoms with E-state index in [0.717, 1.165) is 46.6 Å². The first kappa shape index (κ1) is 13.7. The lowest BCUT2D eigenvalue weighted by Gasteiger charge is -2.17. The van der Waals surface area contributed by atoms with Crippen molar-refractivity contribution >= 4 is 5.78 Å². The highest BCUT2D eigenvalue weighted by atomic mass is 16.5. The Morgan fingerprint density at radius 3 is 2.48 bits per heavy atom. The van der Waals surface area contributed by atoms with Crippen LogP contribution in [0.4, 0.5) is 0 Å². The predicted molar refractivity (Wildman–Crippen MR) is 82.3 cm³/mol. The molecule has 0 aromatic heterocycles. The van der Waals surface area contributed by atoms with Gasteiger partial charge in [-0.2, -0.15) is 0 Å². The Balaban J connectivity index is 2.07. The summed E-state index contributed by atoms with van der Waals surface area (Å²) in [5.74, 6) is 1.80. The molecule has 3 nitrogen and oxygen atoms in total. The van der Waals surface area contributed by atoms with E-state index < -0.39 is 0 Å². The summed E-state index contributed by atoms with van der Waals surface area (Å²) < 4.78 is 10.7. The molecule has 2 aromatic carbocycles. The molecule has 3 rings (SSSR count). The van der Waals surface area contributed by atoms with E-state index in [2.05, 4.69) is 6.07 Å². The van der Waals surface area contributed by atoms with E-state index in [1.807, 2.05) is 30.3 Å². The lowest BCUT2D eigenvalue weighted by molar-refractivity contribution is 0.0972. The van der Waals surface area contributed by atoms with Crippen molar-refractivity contribution in [3.63, 3.8) is 0 Å². The Morgan fingerprint density at radius 2 is 1.71 bits per heavy atom. The maximum absolute atomic E-state index is 11.9. The van der Waals surface area contributed by atoms with Gasteiger partial charge in [0.05, 0.1) is 14.2 Å². The van der Waals surface area contributed by atoms with E-state index >= 15 is 0 Å². The van der Waals surface area contributed by atoms with E-state index in [4.69, 9.17) is 9.47 Å². The molecule has 0 bridgehead atoms. The van der Waals surface area contributed by atoms with Crippen LogP contribution in [0.5, 0.6) is 11.5 Å². The zero-order chi connectivity index (χ0) is 14.8. The summed E-state index contributed by atoms with van der Waals surface area (Å²) in [6, 6.07) is 11.8. The zero-order valence-electron chi connectivity index (χ0n) is 12.3. The molecule has 0 saturated carbocycles. The molecule has 0 unspecified atom stereocenters. The summed E-state index contributed by atoms with van der Waals surface area (Å²) in [6.45, 7) is 0. The summed E-state index contributed by atoms with van der Waals surface area (Å²) in [6.07, 6.45) is 2.57. The number of benzene rings is 2. The fraction of sp³-hybridized carbons (Fsp3) is 0.278. The first-order valence-electron chi connectivity index (χ1n) is 7.11. The average molecular weight is 282 g/mol. The quantitative estimate of drug-likeness (QED) is 0.856. The summed E-state index contributed by atoms with van der Waals surface area (Å²) in [5.41, 5.74) is 4.10. The number of Topliss-reactive ketones (excluding diaryl/α,β-unsaturated/α-hetero) is 1. The van der Waals surface area contributed by atoms with E-state index in [0.29, 0.717) is 6.42 Å². The van der Waals surface area contributed by atoms with Crippen molar-refractivity contribution in [3.05, 3.63) is 47.5 Å². The average Bonchev–Trinajstić information content (AvgIpc) is 2.54. The topological polar surface area (TPSA) is 35.5 Å². The summed E-state index contributed by atoms with van der Waals surface area (Å²) in [4.78, 5) is 11.9. The SMILES string of the molecule is COc1ccc(-c2ccc3c(c2)CCCC3=O)c(OC)c1. The van der Waals surface area contributed by atoms with Crippen molar-refractivity contribution in [2.75, 3.05) is 14.2 Å².